The number of amides is 2. The molecular formula is C22H19FN6O2S. The van der Waals surface area contributed by atoms with E-state index in [4.69, 9.17) is 0 Å². The molecule has 2 aromatic heterocycles. The smallest absolute Gasteiger partial charge is 0.260 e. The molecule has 0 spiro atoms. The minimum Gasteiger partial charge on any atom is -0.349 e. The molecule has 2 N–H and O–H groups in total. The van der Waals surface area contributed by atoms with E-state index in [1.54, 1.807) is 22.5 Å². The van der Waals surface area contributed by atoms with E-state index in [9.17, 15) is 14.0 Å². The number of anilines is 1. The van der Waals surface area contributed by atoms with Crippen molar-refractivity contribution in [3.05, 3.63) is 89.2 Å². The van der Waals surface area contributed by atoms with Gasteiger partial charge in [0.2, 0.25) is 5.91 Å². The Morgan fingerprint density at radius 2 is 1.94 bits per heavy atom. The standard InChI is InChI=1S/C22H19FN6O2S/c1-14(15-6-8-17(9-7-15)29-13-24-12-25-29)26-20(30)10-16-11-32-22(27-16)28-21(31)18-4-2-3-5-19(18)23/h2-9,11-14H,10H2,1H3,(H,26,30)(H,27,28,31). The summed E-state index contributed by atoms with van der Waals surface area (Å²) in [5.74, 6) is -1.39. The van der Waals surface area contributed by atoms with Crippen LogP contribution in [0.1, 0.15) is 34.6 Å². The molecule has 4 aromatic rings. The second kappa shape index (κ2) is 9.48. The van der Waals surface area contributed by atoms with Gasteiger partial charge in [0.25, 0.3) is 5.91 Å². The van der Waals surface area contributed by atoms with E-state index in [1.807, 2.05) is 31.2 Å². The van der Waals surface area contributed by atoms with Crippen molar-refractivity contribution in [2.75, 3.05) is 5.32 Å². The number of aromatic nitrogens is 4. The predicted molar refractivity (Wildman–Crippen MR) is 118 cm³/mol. The zero-order valence-electron chi connectivity index (χ0n) is 17.0. The maximum absolute atomic E-state index is 13.7. The predicted octanol–water partition coefficient (Wildman–Crippen LogP) is 3.54. The second-order valence-electron chi connectivity index (χ2n) is 6.98. The molecule has 0 bridgehead atoms. The van der Waals surface area contributed by atoms with Gasteiger partial charge in [-0.15, -0.1) is 11.3 Å². The molecule has 1 unspecified atom stereocenters. The first-order chi connectivity index (χ1) is 15.5. The van der Waals surface area contributed by atoms with Crippen molar-refractivity contribution in [1.82, 2.24) is 25.1 Å². The molecular weight excluding hydrogens is 431 g/mol. The molecule has 0 radical (unpaired) electrons. The fourth-order valence-corrected chi connectivity index (χ4v) is 3.76. The SMILES string of the molecule is CC(NC(=O)Cc1csc(NC(=O)c2ccccc2F)n1)c1ccc(-n2cncn2)cc1. The van der Waals surface area contributed by atoms with Crippen LogP contribution in [0, 0.1) is 5.82 Å². The van der Waals surface area contributed by atoms with Crippen LogP contribution in [-0.4, -0.2) is 31.6 Å². The van der Waals surface area contributed by atoms with Gasteiger partial charge in [-0.2, -0.15) is 5.10 Å². The Labute approximate surface area is 187 Å². The highest BCUT2D eigenvalue weighted by Gasteiger charge is 2.15. The molecule has 4 rings (SSSR count). The zero-order chi connectivity index (χ0) is 22.5. The molecule has 0 aliphatic carbocycles. The number of benzene rings is 2. The quantitative estimate of drug-likeness (QED) is 0.449. The van der Waals surface area contributed by atoms with Gasteiger partial charge in [-0.05, 0) is 36.8 Å². The van der Waals surface area contributed by atoms with Gasteiger partial charge in [0.1, 0.15) is 18.5 Å². The number of hydrogen-bond acceptors (Lipinski definition) is 6. The lowest BCUT2D eigenvalue weighted by molar-refractivity contribution is -0.121. The van der Waals surface area contributed by atoms with E-state index in [1.165, 1.54) is 35.9 Å². The Hall–Kier alpha value is -3.92. The highest BCUT2D eigenvalue weighted by atomic mass is 32.1. The van der Waals surface area contributed by atoms with Crippen LogP contribution < -0.4 is 10.6 Å². The van der Waals surface area contributed by atoms with Gasteiger partial charge >= 0.3 is 0 Å². The van der Waals surface area contributed by atoms with Crippen molar-refractivity contribution in [1.29, 1.82) is 0 Å². The largest absolute Gasteiger partial charge is 0.349 e. The number of thiazole rings is 1. The Morgan fingerprint density at radius 1 is 1.16 bits per heavy atom. The number of nitrogens with zero attached hydrogens (tertiary/aromatic N) is 4. The second-order valence-corrected chi connectivity index (χ2v) is 7.83. The molecule has 8 nitrogen and oxygen atoms in total. The summed E-state index contributed by atoms with van der Waals surface area (Å²) in [6, 6.07) is 13.1. The van der Waals surface area contributed by atoms with E-state index in [0.717, 1.165) is 11.3 Å². The van der Waals surface area contributed by atoms with Crippen LogP contribution in [0.2, 0.25) is 0 Å². The van der Waals surface area contributed by atoms with Crippen LogP contribution in [0.4, 0.5) is 9.52 Å². The molecule has 1 atom stereocenters. The fraction of sp³-hybridized carbons (Fsp3) is 0.136. The van der Waals surface area contributed by atoms with E-state index >= 15 is 0 Å². The van der Waals surface area contributed by atoms with Crippen LogP contribution >= 0.6 is 11.3 Å². The summed E-state index contributed by atoms with van der Waals surface area (Å²) < 4.78 is 15.4. The summed E-state index contributed by atoms with van der Waals surface area (Å²) >= 11 is 1.18. The van der Waals surface area contributed by atoms with Crippen LogP contribution in [-0.2, 0) is 11.2 Å². The third-order valence-corrected chi connectivity index (χ3v) is 5.49. The topological polar surface area (TPSA) is 102 Å². The lowest BCUT2D eigenvalue weighted by Crippen LogP contribution is -2.28. The Bertz CT molecular complexity index is 1220. The molecule has 32 heavy (non-hydrogen) atoms. The molecule has 162 valence electrons. The molecule has 0 fully saturated rings. The summed E-state index contributed by atoms with van der Waals surface area (Å²) in [6.45, 7) is 1.89. The average molecular weight is 450 g/mol. The summed E-state index contributed by atoms with van der Waals surface area (Å²) in [6.07, 6.45) is 3.14. The summed E-state index contributed by atoms with van der Waals surface area (Å²) in [7, 11) is 0. The van der Waals surface area contributed by atoms with Gasteiger partial charge in [-0.3, -0.25) is 14.9 Å². The third kappa shape index (κ3) is 5.03. The molecule has 0 aliphatic rings. The highest BCUT2D eigenvalue weighted by Crippen LogP contribution is 2.19. The Balaban J connectivity index is 1.32. The Kier molecular flexibility index (Phi) is 6.31. The lowest BCUT2D eigenvalue weighted by atomic mass is 10.1. The molecule has 0 saturated heterocycles. The first-order valence-electron chi connectivity index (χ1n) is 9.74. The molecule has 2 heterocycles. The number of halogens is 1. The van der Waals surface area contributed by atoms with Crippen molar-refractivity contribution in [3.63, 3.8) is 0 Å². The van der Waals surface area contributed by atoms with Crippen LogP contribution in [0.25, 0.3) is 5.69 Å². The summed E-state index contributed by atoms with van der Waals surface area (Å²) in [4.78, 5) is 32.8. The van der Waals surface area contributed by atoms with Crippen molar-refractivity contribution in [2.45, 2.75) is 19.4 Å². The van der Waals surface area contributed by atoms with Crippen LogP contribution in [0.5, 0.6) is 0 Å². The number of carbonyl (C=O) groups excluding carboxylic acids is 2. The van der Waals surface area contributed by atoms with Crippen molar-refractivity contribution < 1.29 is 14.0 Å². The first-order valence-corrected chi connectivity index (χ1v) is 10.6. The fourth-order valence-electron chi connectivity index (χ4n) is 3.05. The molecule has 10 heteroatoms. The van der Waals surface area contributed by atoms with E-state index < -0.39 is 11.7 Å². The first kappa shape index (κ1) is 21.3. The molecule has 0 saturated carbocycles. The minimum absolute atomic E-state index is 0.0629. The van der Waals surface area contributed by atoms with Crippen molar-refractivity contribution in [2.24, 2.45) is 0 Å². The van der Waals surface area contributed by atoms with Gasteiger partial charge in [0, 0.05) is 5.38 Å². The number of rotatable bonds is 7. The van der Waals surface area contributed by atoms with Crippen LogP contribution in [0.15, 0.2) is 66.6 Å². The third-order valence-electron chi connectivity index (χ3n) is 4.69. The van der Waals surface area contributed by atoms with Gasteiger partial charge in [-0.25, -0.2) is 19.0 Å². The summed E-state index contributed by atoms with van der Waals surface area (Å²) in [5, 5.41) is 11.6. The summed E-state index contributed by atoms with van der Waals surface area (Å²) in [5.41, 5.74) is 2.27. The van der Waals surface area contributed by atoms with E-state index in [2.05, 4.69) is 25.7 Å². The normalized spacial score (nSPS) is 11.7. The number of carbonyl (C=O) groups is 2. The molecule has 2 aromatic carbocycles. The Morgan fingerprint density at radius 3 is 2.66 bits per heavy atom. The van der Waals surface area contributed by atoms with Crippen molar-refractivity contribution >= 4 is 28.3 Å². The molecule has 0 aliphatic heterocycles. The van der Waals surface area contributed by atoms with Crippen LogP contribution in [0.3, 0.4) is 0 Å². The lowest BCUT2D eigenvalue weighted by Gasteiger charge is -2.14. The van der Waals surface area contributed by atoms with E-state index in [-0.39, 0.29) is 23.9 Å². The van der Waals surface area contributed by atoms with Gasteiger partial charge in [-0.1, -0.05) is 24.3 Å². The minimum atomic E-state index is -0.607. The maximum atomic E-state index is 13.7. The zero-order valence-corrected chi connectivity index (χ0v) is 17.8. The van der Waals surface area contributed by atoms with Crippen molar-refractivity contribution in [3.8, 4) is 5.69 Å². The van der Waals surface area contributed by atoms with Gasteiger partial charge < -0.3 is 5.32 Å². The maximum Gasteiger partial charge on any atom is 0.260 e. The monoisotopic (exact) mass is 450 g/mol. The van der Waals surface area contributed by atoms with Gasteiger partial charge in [0.15, 0.2) is 5.13 Å². The highest BCUT2D eigenvalue weighted by molar-refractivity contribution is 7.14. The average Bonchev–Trinajstić information content (AvgIpc) is 3.46. The van der Waals surface area contributed by atoms with Gasteiger partial charge in [0.05, 0.1) is 29.4 Å². The number of nitrogens with one attached hydrogen (secondary N) is 2. The number of hydrogen-bond donors (Lipinski definition) is 2. The molecule has 2 amide bonds. The van der Waals surface area contributed by atoms with E-state index in [0.29, 0.717) is 10.8 Å².